The van der Waals surface area contributed by atoms with Crippen molar-refractivity contribution >= 4 is 23.4 Å². The highest BCUT2D eigenvalue weighted by molar-refractivity contribution is 8.00. The minimum absolute atomic E-state index is 0.0249. The normalized spacial score (nSPS) is 12.2. The zero-order valence-electron chi connectivity index (χ0n) is 9.24. The first-order valence-corrected chi connectivity index (χ1v) is 6.05. The molecule has 0 aliphatic heterocycles. The molecule has 1 amide bonds. The second kappa shape index (κ2) is 6.56. The molecular weight excluding hydrogens is 248 g/mol. The monoisotopic (exact) mass is 261 g/mol. The van der Waals surface area contributed by atoms with E-state index >= 15 is 0 Å². The van der Waals surface area contributed by atoms with Crippen molar-refractivity contribution in [2.24, 2.45) is 0 Å². The summed E-state index contributed by atoms with van der Waals surface area (Å²) in [6.45, 7) is 1.75. The Bertz CT molecular complexity index is 401. The summed E-state index contributed by atoms with van der Waals surface area (Å²) in [7, 11) is 0. The molecule has 0 saturated heterocycles. The van der Waals surface area contributed by atoms with Crippen LogP contribution in [0.5, 0.6) is 0 Å². The number of hydrogen-bond acceptors (Lipinski definition) is 3. The molecule has 1 aromatic rings. The summed E-state index contributed by atoms with van der Waals surface area (Å²) < 4.78 is 25.8. The number of amides is 1. The molecule has 1 rings (SSSR count). The van der Waals surface area contributed by atoms with E-state index in [9.17, 15) is 13.6 Å². The van der Waals surface area contributed by atoms with Crippen molar-refractivity contribution < 1.29 is 18.7 Å². The predicted octanol–water partition coefficient (Wildman–Crippen LogP) is 2.02. The lowest BCUT2D eigenvalue weighted by Gasteiger charge is -2.08. The molecule has 0 bridgehead atoms. The van der Waals surface area contributed by atoms with Gasteiger partial charge in [-0.1, -0.05) is 6.92 Å². The summed E-state index contributed by atoms with van der Waals surface area (Å²) in [5, 5.41) is 11.0. The fourth-order valence-corrected chi connectivity index (χ4v) is 1.66. The molecule has 0 spiro atoms. The van der Waals surface area contributed by atoms with Crippen molar-refractivity contribution in [1.82, 2.24) is 0 Å². The molecule has 2 N–H and O–H groups in total. The zero-order chi connectivity index (χ0) is 12.8. The number of nitrogens with one attached hydrogen (secondary N) is 1. The van der Waals surface area contributed by atoms with Crippen LogP contribution in [0, 0.1) is 11.6 Å². The van der Waals surface area contributed by atoms with Gasteiger partial charge in [-0.2, -0.15) is 0 Å². The zero-order valence-corrected chi connectivity index (χ0v) is 10.1. The lowest BCUT2D eigenvalue weighted by atomic mass is 10.3. The van der Waals surface area contributed by atoms with Crippen molar-refractivity contribution in [2.75, 3.05) is 17.7 Å². The van der Waals surface area contributed by atoms with Gasteiger partial charge in [0.2, 0.25) is 5.91 Å². The number of hydrogen-bond donors (Lipinski definition) is 2. The van der Waals surface area contributed by atoms with E-state index in [1.165, 1.54) is 17.8 Å². The Morgan fingerprint density at radius 1 is 1.53 bits per heavy atom. The van der Waals surface area contributed by atoms with Crippen LogP contribution in [-0.2, 0) is 4.79 Å². The van der Waals surface area contributed by atoms with Crippen LogP contribution in [0.1, 0.15) is 6.92 Å². The molecule has 0 aromatic heterocycles. The molecule has 0 aliphatic rings. The maximum Gasteiger partial charge on any atom is 0.234 e. The largest absolute Gasteiger partial charge is 0.395 e. The molecule has 1 atom stereocenters. The maximum absolute atomic E-state index is 13.2. The summed E-state index contributed by atoms with van der Waals surface area (Å²) in [4.78, 5) is 11.4. The third kappa shape index (κ3) is 4.70. The van der Waals surface area contributed by atoms with Crippen LogP contribution >= 0.6 is 11.8 Å². The summed E-state index contributed by atoms with van der Waals surface area (Å²) in [6.07, 6.45) is 0. The van der Waals surface area contributed by atoms with Gasteiger partial charge in [-0.3, -0.25) is 4.79 Å². The Labute approximate surface area is 102 Å². The molecule has 0 fully saturated rings. The molecule has 0 radical (unpaired) electrons. The summed E-state index contributed by atoms with van der Waals surface area (Å²) in [5.74, 6) is -1.78. The van der Waals surface area contributed by atoms with Crippen LogP contribution in [-0.4, -0.2) is 28.6 Å². The third-order valence-corrected chi connectivity index (χ3v) is 3.11. The van der Waals surface area contributed by atoms with Gasteiger partial charge in [-0.25, -0.2) is 8.78 Å². The Kier molecular flexibility index (Phi) is 5.37. The Hall–Kier alpha value is -1.14. The fourth-order valence-electron chi connectivity index (χ4n) is 1.05. The summed E-state index contributed by atoms with van der Waals surface area (Å²) >= 11 is 1.25. The van der Waals surface area contributed by atoms with Crippen molar-refractivity contribution in [3.63, 3.8) is 0 Å². The van der Waals surface area contributed by atoms with Gasteiger partial charge < -0.3 is 10.4 Å². The molecule has 1 aromatic carbocycles. The van der Waals surface area contributed by atoms with Crippen LogP contribution < -0.4 is 5.32 Å². The summed E-state index contributed by atoms with van der Waals surface area (Å²) in [6, 6.07) is 2.95. The van der Waals surface area contributed by atoms with Crippen molar-refractivity contribution in [2.45, 2.75) is 12.2 Å². The van der Waals surface area contributed by atoms with Crippen LogP contribution in [0.4, 0.5) is 14.5 Å². The SMILES string of the molecule is CC(CO)SCC(=O)Nc1ccc(F)cc1F. The lowest BCUT2D eigenvalue weighted by molar-refractivity contribution is -0.113. The molecule has 0 heterocycles. The van der Waals surface area contributed by atoms with E-state index in [2.05, 4.69) is 5.32 Å². The topological polar surface area (TPSA) is 49.3 Å². The predicted molar refractivity (Wildman–Crippen MR) is 64.0 cm³/mol. The minimum atomic E-state index is -0.807. The lowest BCUT2D eigenvalue weighted by Crippen LogP contribution is -2.17. The quantitative estimate of drug-likeness (QED) is 0.852. The number of aliphatic hydroxyl groups is 1. The van der Waals surface area contributed by atoms with E-state index in [0.717, 1.165) is 6.07 Å². The molecule has 1 unspecified atom stereocenters. The smallest absolute Gasteiger partial charge is 0.234 e. The van der Waals surface area contributed by atoms with Crippen LogP contribution in [0.3, 0.4) is 0 Å². The number of carbonyl (C=O) groups excluding carboxylic acids is 1. The highest BCUT2D eigenvalue weighted by Gasteiger charge is 2.09. The van der Waals surface area contributed by atoms with Gasteiger partial charge in [-0.15, -0.1) is 11.8 Å². The first-order chi connectivity index (χ1) is 8.02. The summed E-state index contributed by atoms with van der Waals surface area (Å²) in [5.41, 5.74) is -0.0475. The number of aliphatic hydroxyl groups excluding tert-OH is 1. The number of carbonyl (C=O) groups is 1. The number of halogens is 2. The Morgan fingerprint density at radius 3 is 2.82 bits per heavy atom. The number of benzene rings is 1. The van der Waals surface area contributed by atoms with E-state index in [1.54, 1.807) is 6.92 Å². The van der Waals surface area contributed by atoms with Gasteiger partial charge >= 0.3 is 0 Å². The van der Waals surface area contributed by atoms with Gasteiger partial charge in [-0.05, 0) is 12.1 Å². The third-order valence-electron chi connectivity index (χ3n) is 1.96. The van der Waals surface area contributed by atoms with Gasteiger partial charge in [0.25, 0.3) is 0 Å². The minimum Gasteiger partial charge on any atom is -0.395 e. The second-order valence-electron chi connectivity index (χ2n) is 3.48. The van der Waals surface area contributed by atoms with E-state index < -0.39 is 11.6 Å². The highest BCUT2D eigenvalue weighted by Crippen LogP contribution is 2.16. The van der Waals surface area contributed by atoms with E-state index in [-0.39, 0.29) is 29.2 Å². The molecule has 3 nitrogen and oxygen atoms in total. The molecular formula is C11H13F2NO2S. The van der Waals surface area contributed by atoms with Crippen molar-refractivity contribution in [1.29, 1.82) is 0 Å². The molecule has 0 saturated carbocycles. The van der Waals surface area contributed by atoms with E-state index in [4.69, 9.17) is 5.11 Å². The van der Waals surface area contributed by atoms with E-state index in [0.29, 0.717) is 6.07 Å². The highest BCUT2D eigenvalue weighted by atomic mass is 32.2. The molecule has 6 heteroatoms. The first-order valence-electron chi connectivity index (χ1n) is 5.00. The fraction of sp³-hybridized carbons (Fsp3) is 0.364. The average Bonchev–Trinajstić information content (AvgIpc) is 2.29. The van der Waals surface area contributed by atoms with Gasteiger partial charge in [0.1, 0.15) is 11.6 Å². The number of anilines is 1. The van der Waals surface area contributed by atoms with Crippen LogP contribution in [0.25, 0.3) is 0 Å². The van der Waals surface area contributed by atoms with Crippen molar-refractivity contribution in [3.05, 3.63) is 29.8 Å². The Balaban J connectivity index is 2.50. The second-order valence-corrected chi connectivity index (χ2v) is 4.90. The Morgan fingerprint density at radius 2 is 2.24 bits per heavy atom. The first kappa shape index (κ1) is 13.9. The standard InChI is InChI=1S/C11H13F2NO2S/c1-7(5-15)17-6-11(16)14-10-3-2-8(12)4-9(10)13/h2-4,7,15H,5-6H2,1H3,(H,14,16). The maximum atomic E-state index is 13.2. The van der Waals surface area contributed by atoms with Crippen molar-refractivity contribution in [3.8, 4) is 0 Å². The van der Waals surface area contributed by atoms with Gasteiger partial charge in [0, 0.05) is 11.3 Å². The van der Waals surface area contributed by atoms with Gasteiger partial charge in [0.05, 0.1) is 18.0 Å². The van der Waals surface area contributed by atoms with Crippen LogP contribution in [0.2, 0.25) is 0 Å². The number of rotatable bonds is 5. The van der Waals surface area contributed by atoms with Gasteiger partial charge in [0.15, 0.2) is 0 Å². The number of thioether (sulfide) groups is 1. The van der Waals surface area contributed by atoms with Crippen LogP contribution in [0.15, 0.2) is 18.2 Å². The average molecular weight is 261 g/mol. The molecule has 94 valence electrons. The van der Waals surface area contributed by atoms with E-state index in [1.807, 2.05) is 0 Å². The molecule has 17 heavy (non-hydrogen) atoms. The molecule has 0 aliphatic carbocycles.